The van der Waals surface area contributed by atoms with E-state index in [2.05, 4.69) is 201 Å². The van der Waals surface area contributed by atoms with Crippen molar-refractivity contribution in [2.24, 2.45) is 0 Å². The molecule has 1 aliphatic heterocycles. The molecule has 0 radical (unpaired) electrons. The summed E-state index contributed by atoms with van der Waals surface area (Å²) >= 11 is 3.54. The molecule has 11 aromatic carbocycles. The van der Waals surface area contributed by atoms with Crippen LogP contribution in [0.3, 0.4) is 0 Å². The maximum absolute atomic E-state index is 6.83. The van der Waals surface area contributed by atoms with Crippen LogP contribution in [0.4, 0.5) is 5.69 Å². The number of allylic oxidation sites excluding steroid dienone is 6. The minimum absolute atomic E-state index is 0.423. The smallest absolute Gasteiger partial charge is 0.164 e. The topological polar surface area (TPSA) is 129 Å². The van der Waals surface area contributed by atoms with Crippen molar-refractivity contribution in [1.82, 2.24) is 39.9 Å². The fraction of sp³-hybridized carbons (Fsp3) is 0.0575. The first-order valence-electron chi connectivity index (χ1n) is 32.7. The Kier molecular flexibility index (Phi) is 16.5. The van der Waals surface area contributed by atoms with Gasteiger partial charge >= 0.3 is 0 Å². The second kappa shape index (κ2) is 26.6. The number of nitrogens with two attached hydrogens (primary N) is 1. The summed E-state index contributed by atoms with van der Waals surface area (Å²) in [6.45, 7) is 4.27. The number of benzene rings is 11. The van der Waals surface area contributed by atoms with Crippen molar-refractivity contribution in [1.29, 1.82) is 0 Å². The molecule has 466 valence electrons. The molecule has 16 rings (SSSR count). The first-order valence-corrected chi connectivity index (χ1v) is 34.3. The number of thiophene rings is 1. The van der Waals surface area contributed by atoms with Crippen LogP contribution in [0.5, 0.6) is 0 Å². The van der Waals surface area contributed by atoms with Crippen molar-refractivity contribution in [3.63, 3.8) is 0 Å². The third kappa shape index (κ3) is 12.3. The van der Waals surface area contributed by atoms with E-state index in [9.17, 15) is 0 Å². The van der Waals surface area contributed by atoms with Crippen LogP contribution in [0.15, 0.2) is 295 Å². The number of aromatic nitrogens is 8. The quantitative estimate of drug-likeness (QED) is 0.0602. The van der Waals surface area contributed by atoms with E-state index < -0.39 is 0 Å². The second-order valence-corrected chi connectivity index (χ2v) is 26.4. The zero-order chi connectivity index (χ0) is 66.1. The number of terminal acetylenes is 1. The van der Waals surface area contributed by atoms with E-state index in [1.807, 2.05) is 116 Å². The average Bonchev–Trinajstić information content (AvgIpc) is 1.50. The fourth-order valence-corrected chi connectivity index (χ4v) is 15.2. The largest absolute Gasteiger partial charge is 0.398 e. The number of hydrogen-bond donors (Lipinski definition) is 1. The van der Waals surface area contributed by atoms with Gasteiger partial charge in [-0.15, -0.1) is 17.8 Å². The number of para-hydroxylation sites is 2. The normalized spacial score (nSPS) is 13.5. The molecule has 2 N–H and O–H groups in total. The number of nitrogen functional groups attached to an aromatic ring is 1. The predicted molar refractivity (Wildman–Crippen MR) is 407 cm³/mol. The Morgan fingerprint density at radius 2 is 0.959 bits per heavy atom. The molecule has 15 aromatic rings. The Morgan fingerprint density at radius 1 is 0.459 bits per heavy atom. The van der Waals surface area contributed by atoms with Crippen molar-refractivity contribution in [2.45, 2.75) is 37.5 Å². The SMILES string of the molecule is C#C/C(=C\C=C(/C)c1nc(-c2ccccc2)nc(-c2cccc(-c3ccc(C/C=C4\Sc5ccccc5C4CC)c(N)c3)c2)n1)c1ccccc1-c1ccc(-c2nc(-c3ccc(-c4ccccc4)cc3)nc(-c3cccc(-c4ccc5c(c4)sc4nc6ccccc6nc45)c3)n2)cc1. The van der Waals surface area contributed by atoms with E-state index in [4.69, 9.17) is 52.0 Å². The highest BCUT2D eigenvalue weighted by Gasteiger charge is 2.26. The summed E-state index contributed by atoms with van der Waals surface area (Å²) in [6, 6.07) is 91.7. The molecule has 0 aliphatic carbocycles. The van der Waals surface area contributed by atoms with Crippen molar-refractivity contribution in [3.8, 4) is 114 Å². The lowest BCUT2D eigenvalue weighted by Gasteiger charge is -2.12. The van der Waals surface area contributed by atoms with Gasteiger partial charge in [-0.3, -0.25) is 0 Å². The van der Waals surface area contributed by atoms with Crippen molar-refractivity contribution in [2.75, 3.05) is 5.73 Å². The van der Waals surface area contributed by atoms with Gasteiger partial charge in [-0.1, -0.05) is 261 Å². The number of fused-ring (bicyclic) bond motifs is 5. The predicted octanol–water partition coefficient (Wildman–Crippen LogP) is 21.8. The Balaban J connectivity index is 0.691. The van der Waals surface area contributed by atoms with Gasteiger partial charge in [-0.05, 0) is 140 Å². The molecule has 1 aliphatic rings. The molecular formula is C87H61N9S2. The van der Waals surface area contributed by atoms with Crippen molar-refractivity contribution < 1.29 is 0 Å². The summed E-state index contributed by atoms with van der Waals surface area (Å²) in [5, 5.41) is 1.09. The lowest BCUT2D eigenvalue weighted by Crippen LogP contribution is -2.02. The lowest BCUT2D eigenvalue weighted by molar-refractivity contribution is 0.789. The molecule has 0 amide bonds. The minimum Gasteiger partial charge on any atom is -0.398 e. The van der Waals surface area contributed by atoms with Gasteiger partial charge in [0.2, 0.25) is 0 Å². The molecule has 1 unspecified atom stereocenters. The summed E-state index contributed by atoms with van der Waals surface area (Å²) in [4.78, 5) is 44.5. The van der Waals surface area contributed by atoms with Crippen LogP contribution in [0, 0.1) is 12.3 Å². The Labute approximate surface area is 577 Å². The van der Waals surface area contributed by atoms with Crippen LogP contribution in [0.1, 0.15) is 48.7 Å². The second-order valence-electron chi connectivity index (χ2n) is 24.3. The molecular weight excluding hydrogens is 1240 g/mol. The van der Waals surface area contributed by atoms with Gasteiger partial charge in [0.25, 0.3) is 0 Å². The molecule has 9 nitrogen and oxygen atoms in total. The molecule has 1 atom stereocenters. The molecule has 11 heteroatoms. The highest BCUT2D eigenvalue weighted by Crippen LogP contribution is 2.50. The molecule has 98 heavy (non-hydrogen) atoms. The zero-order valence-corrected chi connectivity index (χ0v) is 55.3. The van der Waals surface area contributed by atoms with Gasteiger partial charge in [0.05, 0.1) is 11.0 Å². The number of anilines is 1. The van der Waals surface area contributed by atoms with Crippen molar-refractivity contribution >= 4 is 71.4 Å². The number of thioether (sulfide) groups is 1. The highest BCUT2D eigenvalue weighted by atomic mass is 32.2. The van der Waals surface area contributed by atoms with Crippen LogP contribution in [-0.4, -0.2) is 39.9 Å². The Bertz CT molecular complexity index is 5720. The summed E-state index contributed by atoms with van der Waals surface area (Å²) in [7, 11) is 0. The number of nitrogens with zero attached hydrogens (tertiary/aromatic N) is 8. The first-order chi connectivity index (χ1) is 48.2. The average molecular weight is 1300 g/mol. The molecule has 0 saturated heterocycles. The van der Waals surface area contributed by atoms with Crippen molar-refractivity contribution in [3.05, 3.63) is 313 Å². The van der Waals surface area contributed by atoms with E-state index in [-0.39, 0.29) is 0 Å². The van der Waals surface area contributed by atoms with E-state index in [1.54, 1.807) is 11.3 Å². The van der Waals surface area contributed by atoms with Gasteiger partial charge in [-0.25, -0.2) is 39.9 Å². The third-order valence-corrected chi connectivity index (χ3v) is 20.4. The van der Waals surface area contributed by atoms with E-state index >= 15 is 0 Å². The first kappa shape index (κ1) is 60.8. The lowest BCUT2D eigenvalue weighted by atomic mass is 9.93. The molecule has 4 aromatic heterocycles. The van der Waals surface area contributed by atoms with Crippen LogP contribution in [-0.2, 0) is 6.42 Å². The summed E-state index contributed by atoms with van der Waals surface area (Å²) in [5.41, 5.74) is 27.9. The van der Waals surface area contributed by atoms with E-state index in [0.717, 1.165) is 139 Å². The summed E-state index contributed by atoms with van der Waals surface area (Å²) in [5.74, 6) is 6.75. The van der Waals surface area contributed by atoms with Gasteiger partial charge < -0.3 is 5.73 Å². The van der Waals surface area contributed by atoms with Gasteiger partial charge in [0.1, 0.15) is 10.3 Å². The van der Waals surface area contributed by atoms with E-state index in [1.165, 1.54) is 15.4 Å². The van der Waals surface area contributed by atoms with Crippen LogP contribution < -0.4 is 5.73 Å². The number of hydrogen-bond acceptors (Lipinski definition) is 11. The zero-order valence-electron chi connectivity index (χ0n) is 53.7. The van der Waals surface area contributed by atoms with Gasteiger partial charge in [0, 0.05) is 60.0 Å². The Morgan fingerprint density at radius 3 is 1.63 bits per heavy atom. The van der Waals surface area contributed by atoms with Crippen LogP contribution >= 0.6 is 23.1 Å². The maximum Gasteiger partial charge on any atom is 0.164 e. The van der Waals surface area contributed by atoms with Gasteiger partial charge in [0.15, 0.2) is 34.9 Å². The molecule has 0 spiro atoms. The number of rotatable bonds is 15. The fourth-order valence-electron chi connectivity index (χ4n) is 12.9. The highest BCUT2D eigenvalue weighted by molar-refractivity contribution is 8.03. The third-order valence-electron chi connectivity index (χ3n) is 18.1. The summed E-state index contributed by atoms with van der Waals surface area (Å²) < 4.78 is 1.12. The summed E-state index contributed by atoms with van der Waals surface area (Å²) in [6.07, 6.45) is 14.6. The van der Waals surface area contributed by atoms with Crippen LogP contribution in [0.25, 0.3) is 144 Å². The maximum atomic E-state index is 6.83. The molecule has 0 fully saturated rings. The molecule has 0 saturated carbocycles. The molecule has 5 heterocycles. The molecule has 0 bridgehead atoms. The van der Waals surface area contributed by atoms with Crippen LogP contribution in [0.2, 0.25) is 0 Å². The van der Waals surface area contributed by atoms with Gasteiger partial charge in [-0.2, -0.15) is 0 Å². The minimum atomic E-state index is 0.423. The Hall–Kier alpha value is -12.1. The monoisotopic (exact) mass is 1300 g/mol. The van der Waals surface area contributed by atoms with E-state index in [0.29, 0.717) is 46.4 Å². The standard InChI is InChI=1S/C87H61N9S2/c1-4-55(35-34-54(3)81-91-82(60-22-10-7-11-23-60)94-85(92-81)67-26-18-24-63(50-67)65-45-40-59(74(88)52-65)47-49-78-69(5-2)72-30-14-17-33-77(72)97-78)70-28-12-13-29-71(70)58-38-43-62(44-39-58)84-93-83(61-41-36-57(37-42-61)56-20-8-6-9-21-56)95-86(96-84)68-27-19-25-64(51-68)66-46-48-73-79(53-66)98-87-80(73)89-75-31-15-16-32-76(75)90-87/h1,6-46,48-53,69H,5,47,88H2,2-3H3/b54-34+,55-35+,78-49-.